The zero-order valence-electron chi connectivity index (χ0n) is 13.1. The molecule has 0 spiro atoms. The second-order valence-corrected chi connectivity index (χ2v) is 6.56. The van der Waals surface area contributed by atoms with E-state index in [4.69, 9.17) is 0 Å². The summed E-state index contributed by atoms with van der Waals surface area (Å²) in [6, 6.07) is 18.2. The number of amides is 1. The maximum absolute atomic E-state index is 12.7. The normalized spacial score (nSPS) is 24.2. The lowest BCUT2D eigenvalue weighted by Gasteiger charge is -2.38. The van der Waals surface area contributed by atoms with Gasteiger partial charge in [0.25, 0.3) is 0 Å². The van der Waals surface area contributed by atoms with Crippen molar-refractivity contribution in [2.45, 2.75) is 31.3 Å². The van der Waals surface area contributed by atoms with Crippen molar-refractivity contribution < 1.29 is 9.90 Å². The molecular weight excluding hydrogens is 286 g/mol. The monoisotopic (exact) mass is 307 g/mol. The standard InChI is InChI=1S/C20H21NO2/c22-13-18(15-7-2-1-3-8-15)21-19(23)12-16-11-10-14-6-4-5-9-17(14)20(16)21/h1-9,16,18,20,22H,10-13H2/t16-,18+,20+/m1/s1. The Kier molecular flexibility index (Phi) is 3.66. The number of aryl methyl sites for hydroxylation is 1. The fourth-order valence-electron chi connectivity index (χ4n) is 4.28. The molecule has 2 aliphatic rings. The highest BCUT2D eigenvalue weighted by atomic mass is 16.3. The highest BCUT2D eigenvalue weighted by molar-refractivity contribution is 5.80. The maximum atomic E-state index is 12.7. The Morgan fingerprint density at radius 2 is 1.83 bits per heavy atom. The quantitative estimate of drug-likeness (QED) is 0.945. The summed E-state index contributed by atoms with van der Waals surface area (Å²) >= 11 is 0. The number of nitrogens with zero attached hydrogens (tertiary/aromatic N) is 1. The molecule has 0 aromatic heterocycles. The smallest absolute Gasteiger partial charge is 0.224 e. The number of aliphatic hydroxyl groups excluding tert-OH is 1. The summed E-state index contributed by atoms with van der Waals surface area (Å²) in [6.45, 7) is -0.0405. The highest BCUT2D eigenvalue weighted by Crippen LogP contribution is 2.48. The molecule has 2 aromatic rings. The van der Waals surface area contributed by atoms with Gasteiger partial charge in [0, 0.05) is 6.42 Å². The van der Waals surface area contributed by atoms with Crippen LogP contribution in [0.15, 0.2) is 54.6 Å². The zero-order valence-corrected chi connectivity index (χ0v) is 13.1. The van der Waals surface area contributed by atoms with Gasteiger partial charge in [-0.25, -0.2) is 0 Å². The van der Waals surface area contributed by atoms with E-state index in [-0.39, 0.29) is 24.6 Å². The number of hydrogen-bond acceptors (Lipinski definition) is 2. The van der Waals surface area contributed by atoms with Crippen molar-refractivity contribution in [2.75, 3.05) is 6.61 Å². The van der Waals surface area contributed by atoms with Crippen molar-refractivity contribution in [2.24, 2.45) is 5.92 Å². The first-order valence-corrected chi connectivity index (χ1v) is 8.34. The van der Waals surface area contributed by atoms with Crippen LogP contribution < -0.4 is 0 Å². The number of benzene rings is 2. The number of likely N-dealkylation sites (tertiary alicyclic amines) is 1. The Morgan fingerprint density at radius 3 is 2.61 bits per heavy atom. The van der Waals surface area contributed by atoms with Crippen LogP contribution in [0.5, 0.6) is 0 Å². The van der Waals surface area contributed by atoms with E-state index >= 15 is 0 Å². The molecule has 1 aliphatic carbocycles. The molecule has 3 atom stereocenters. The third-order valence-corrected chi connectivity index (χ3v) is 5.32. The van der Waals surface area contributed by atoms with Crippen LogP contribution in [0.25, 0.3) is 0 Å². The number of carbonyl (C=O) groups excluding carboxylic acids is 1. The first-order chi connectivity index (χ1) is 11.3. The fourth-order valence-corrected chi connectivity index (χ4v) is 4.28. The summed E-state index contributed by atoms with van der Waals surface area (Å²) in [5.74, 6) is 0.537. The second-order valence-electron chi connectivity index (χ2n) is 6.56. The molecule has 1 aliphatic heterocycles. The van der Waals surface area contributed by atoms with Crippen LogP contribution in [-0.4, -0.2) is 22.5 Å². The Labute approximate surface area is 136 Å². The molecule has 1 N–H and O–H groups in total. The summed E-state index contributed by atoms with van der Waals surface area (Å²) in [7, 11) is 0. The molecule has 1 amide bonds. The number of hydrogen-bond donors (Lipinski definition) is 1. The highest BCUT2D eigenvalue weighted by Gasteiger charge is 2.46. The van der Waals surface area contributed by atoms with E-state index in [1.54, 1.807) is 0 Å². The summed E-state index contributed by atoms with van der Waals surface area (Å²) in [6.07, 6.45) is 2.70. The average molecular weight is 307 g/mol. The van der Waals surface area contributed by atoms with Crippen molar-refractivity contribution in [3.05, 3.63) is 71.3 Å². The lowest BCUT2D eigenvalue weighted by molar-refractivity contribution is -0.132. The maximum Gasteiger partial charge on any atom is 0.224 e. The van der Waals surface area contributed by atoms with Crippen LogP contribution in [0, 0.1) is 5.92 Å². The lowest BCUT2D eigenvalue weighted by Crippen LogP contribution is -2.36. The van der Waals surface area contributed by atoms with Crippen LogP contribution in [-0.2, 0) is 11.2 Å². The number of rotatable bonds is 3. The summed E-state index contributed by atoms with van der Waals surface area (Å²) < 4.78 is 0. The molecule has 1 saturated heterocycles. The predicted molar refractivity (Wildman–Crippen MR) is 88.7 cm³/mol. The molecule has 3 nitrogen and oxygen atoms in total. The van der Waals surface area contributed by atoms with Crippen molar-refractivity contribution >= 4 is 5.91 Å². The van der Waals surface area contributed by atoms with Gasteiger partial charge in [0.05, 0.1) is 18.7 Å². The third kappa shape index (κ3) is 2.36. The van der Waals surface area contributed by atoms with Crippen molar-refractivity contribution in [3.63, 3.8) is 0 Å². The van der Waals surface area contributed by atoms with Gasteiger partial charge in [-0.05, 0) is 35.4 Å². The Morgan fingerprint density at radius 1 is 1.09 bits per heavy atom. The molecule has 118 valence electrons. The van der Waals surface area contributed by atoms with Gasteiger partial charge < -0.3 is 10.0 Å². The summed E-state index contributed by atoms with van der Waals surface area (Å²) in [5.41, 5.74) is 3.62. The van der Waals surface area contributed by atoms with Crippen molar-refractivity contribution in [1.82, 2.24) is 4.90 Å². The predicted octanol–water partition coefficient (Wildman–Crippen LogP) is 3.26. The van der Waals surface area contributed by atoms with E-state index in [0.29, 0.717) is 12.3 Å². The van der Waals surface area contributed by atoms with Crippen LogP contribution in [0.4, 0.5) is 0 Å². The topological polar surface area (TPSA) is 40.5 Å². The molecule has 4 rings (SSSR count). The zero-order chi connectivity index (χ0) is 15.8. The molecule has 1 fully saturated rings. The molecule has 0 unspecified atom stereocenters. The minimum Gasteiger partial charge on any atom is -0.394 e. The van der Waals surface area contributed by atoms with Gasteiger partial charge in [-0.3, -0.25) is 4.79 Å². The van der Waals surface area contributed by atoms with E-state index in [2.05, 4.69) is 24.3 Å². The Bertz CT molecular complexity index is 713. The largest absolute Gasteiger partial charge is 0.394 e. The van der Waals surface area contributed by atoms with Crippen molar-refractivity contribution in [1.29, 1.82) is 0 Å². The third-order valence-electron chi connectivity index (χ3n) is 5.32. The van der Waals surface area contributed by atoms with E-state index in [0.717, 1.165) is 18.4 Å². The molecule has 1 heterocycles. The van der Waals surface area contributed by atoms with Crippen LogP contribution in [0.2, 0.25) is 0 Å². The van der Waals surface area contributed by atoms with Gasteiger partial charge in [0.2, 0.25) is 5.91 Å². The van der Waals surface area contributed by atoms with Gasteiger partial charge in [0.15, 0.2) is 0 Å². The van der Waals surface area contributed by atoms with Gasteiger partial charge in [-0.15, -0.1) is 0 Å². The molecule has 2 aromatic carbocycles. The van der Waals surface area contributed by atoms with Crippen LogP contribution in [0.3, 0.4) is 0 Å². The first-order valence-electron chi connectivity index (χ1n) is 8.34. The lowest BCUT2D eigenvalue weighted by atomic mass is 9.80. The Balaban J connectivity index is 1.77. The van der Waals surface area contributed by atoms with Crippen molar-refractivity contribution in [3.8, 4) is 0 Å². The van der Waals surface area contributed by atoms with Crippen LogP contribution >= 0.6 is 0 Å². The molecule has 0 saturated carbocycles. The molecule has 3 heteroatoms. The first kappa shape index (κ1) is 14.5. The summed E-state index contributed by atoms with van der Waals surface area (Å²) in [5, 5.41) is 10.0. The molecule has 0 radical (unpaired) electrons. The summed E-state index contributed by atoms with van der Waals surface area (Å²) in [4.78, 5) is 14.7. The van der Waals surface area contributed by atoms with E-state index < -0.39 is 0 Å². The minimum atomic E-state index is -0.259. The van der Waals surface area contributed by atoms with Gasteiger partial charge in [0.1, 0.15) is 0 Å². The SMILES string of the molecule is O=C1C[C@H]2CCc3ccccc3[C@H]2N1[C@@H](CO)c1ccccc1. The Hall–Kier alpha value is -2.13. The number of aliphatic hydroxyl groups is 1. The minimum absolute atomic E-state index is 0.0405. The van der Waals surface area contributed by atoms with E-state index in [1.165, 1.54) is 11.1 Å². The van der Waals surface area contributed by atoms with Crippen LogP contribution in [0.1, 0.15) is 41.6 Å². The van der Waals surface area contributed by atoms with E-state index in [9.17, 15) is 9.90 Å². The van der Waals surface area contributed by atoms with Gasteiger partial charge >= 0.3 is 0 Å². The number of carbonyl (C=O) groups is 1. The van der Waals surface area contributed by atoms with Gasteiger partial charge in [-0.1, -0.05) is 54.6 Å². The van der Waals surface area contributed by atoms with Gasteiger partial charge in [-0.2, -0.15) is 0 Å². The molecule has 23 heavy (non-hydrogen) atoms. The fraction of sp³-hybridized carbons (Fsp3) is 0.350. The van der Waals surface area contributed by atoms with E-state index in [1.807, 2.05) is 35.2 Å². The average Bonchev–Trinajstić information content (AvgIpc) is 2.93. The molecule has 0 bridgehead atoms. The second kappa shape index (κ2) is 5.82. The number of fused-ring (bicyclic) bond motifs is 3. The molecular formula is C20H21NO2.